The van der Waals surface area contributed by atoms with E-state index in [0.29, 0.717) is 18.5 Å². The molecule has 0 aromatic carbocycles. The molecule has 0 saturated carbocycles. The minimum absolute atomic E-state index is 0.0641. The average molecular weight is 234 g/mol. The van der Waals surface area contributed by atoms with E-state index in [0.717, 1.165) is 18.7 Å². The predicted molar refractivity (Wildman–Crippen MR) is 62.0 cm³/mol. The van der Waals surface area contributed by atoms with Crippen LogP contribution in [-0.4, -0.2) is 37.4 Å². The van der Waals surface area contributed by atoms with Crippen LogP contribution in [0, 0.1) is 5.92 Å². The van der Waals surface area contributed by atoms with Crippen LogP contribution >= 0.6 is 0 Å². The van der Waals surface area contributed by atoms with Crippen molar-refractivity contribution in [1.82, 2.24) is 4.98 Å². The van der Waals surface area contributed by atoms with Crippen LogP contribution in [0.1, 0.15) is 16.9 Å². The van der Waals surface area contributed by atoms with Crippen LogP contribution in [0.5, 0.6) is 0 Å². The van der Waals surface area contributed by atoms with Crippen molar-refractivity contribution in [3.8, 4) is 0 Å². The molecular formula is C12H14N2O3. The number of anilines is 1. The Morgan fingerprint density at radius 2 is 2.41 bits per heavy atom. The number of carbonyl (C=O) groups is 2. The molecule has 1 fully saturated rings. The first-order valence-electron chi connectivity index (χ1n) is 5.48. The summed E-state index contributed by atoms with van der Waals surface area (Å²) >= 11 is 0. The highest BCUT2D eigenvalue weighted by molar-refractivity contribution is 5.74. The minimum Gasteiger partial charge on any atom is -0.469 e. The number of ether oxygens (including phenoxy) is 1. The molecule has 0 N–H and O–H groups in total. The van der Waals surface area contributed by atoms with Gasteiger partial charge < -0.3 is 9.64 Å². The van der Waals surface area contributed by atoms with Crippen molar-refractivity contribution in [2.45, 2.75) is 6.42 Å². The fraction of sp³-hybridized carbons (Fsp3) is 0.417. The molecule has 0 bridgehead atoms. The SMILES string of the molecule is COC(=O)C1CCN(c2ccc(C=O)nc2)C1. The summed E-state index contributed by atoms with van der Waals surface area (Å²) in [6.07, 6.45) is 3.16. The summed E-state index contributed by atoms with van der Waals surface area (Å²) in [7, 11) is 1.41. The maximum atomic E-state index is 11.4. The lowest BCUT2D eigenvalue weighted by atomic mass is 10.1. The van der Waals surface area contributed by atoms with Crippen molar-refractivity contribution in [3.05, 3.63) is 24.0 Å². The van der Waals surface area contributed by atoms with Gasteiger partial charge in [0, 0.05) is 13.1 Å². The van der Waals surface area contributed by atoms with E-state index in [-0.39, 0.29) is 11.9 Å². The molecule has 0 amide bonds. The fourth-order valence-electron chi connectivity index (χ4n) is 2.01. The maximum absolute atomic E-state index is 11.4. The van der Waals surface area contributed by atoms with Crippen LogP contribution < -0.4 is 4.90 Å². The number of rotatable bonds is 3. The highest BCUT2D eigenvalue weighted by Gasteiger charge is 2.29. The number of carbonyl (C=O) groups excluding carboxylic acids is 2. The Kier molecular flexibility index (Phi) is 3.37. The molecule has 1 aromatic heterocycles. The molecule has 17 heavy (non-hydrogen) atoms. The first-order chi connectivity index (χ1) is 8.24. The predicted octanol–water partition coefficient (Wildman–Crippen LogP) is 0.893. The van der Waals surface area contributed by atoms with Gasteiger partial charge in [-0.05, 0) is 18.6 Å². The summed E-state index contributed by atoms with van der Waals surface area (Å²) in [5, 5.41) is 0. The third-order valence-electron chi connectivity index (χ3n) is 2.98. The Labute approximate surface area is 99.4 Å². The molecule has 1 aliphatic heterocycles. The number of esters is 1. The topological polar surface area (TPSA) is 59.5 Å². The number of hydrogen-bond acceptors (Lipinski definition) is 5. The number of hydrogen-bond donors (Lipinski definition) is 0. The Morgan fingerprint density at radius 3 is 3.00 bits per heavy atom. The van der Waals surface area contributed by atoms with Crippen LogP contribution in [-0.2, 0) is 9.53 Å². The van der Waals surface area contributed by atoms with Gasteiger partial charge in [-0.2, -0.15) is 0 Å². The van der Waals surface area contributed by atoms with Gasteiger partial charge in [0.1, 0.15) is 5.69 Å². The molecule has 1 saturated heterocycles. The summed E-state index contributed by atoms with van der Waals surface area (Å²) in [6, 6.07) is 3.52. The van der Waals surface area contributed by atoms with Gasteiger partial charge in [0.2, 0.25) is 0 Å². The van der Waals surface area contributed by atoms with Crippen LogP contribution in [0.25, 0.3) is 0 Å². The minimum atomic E-state index is -0.162. The Bertz CT molecular complexity index is 416. The van der Waals surface area contributed by atoms with Gasteiger partial charge >= 0.3 is 5.97 Å². The monoisotopic (exact) mass is 234 g/mol. The van der Waals surface area contributed by atoms with Gasteiger partial charge in [0.25, 0.3) is 0 Å². The molecule has 90 valence electrons. The largest absolute Gasteiger partial charge is 0.469 e. The third kappa shape index (κ3) is 2.43. The zero-order valence-corrected chi connectivity index (χ0v) is 9.63. The van der Waals surface area contributed by atoms with Crippen molar-refractivity contribution in [1.29, 1.82) is 0 Å². The fourth-order valence-corrected chi connectivity index (χ4v) is 2.01. The number of nitrogens with zero attached hydrogens (tertiary/aromatic N) is 2. The highest BCUT2D eigenvalue weighted by Crippen LogP contribution is 2.23. The second-order valence-corrected chi connectivity index (χ2v) is 4.01. The molecule has 1 atom stereocenters. The summed E-state index contributed by atoms with van der Waals surface area (Å²) in [6.45, 7) is 1.46. The van der Waals surface area contributed by atoms with Crippen molar-refractivity contribution in [2.75, 3.05) is 25.1 Å². The van der Waals surface area contributed by atoms with E-state index in [1.807, 2.05) is 6.07 Å². The van der Waals surface area contributed by atoms with Crippen molar-refractivity contribution in [3.63, 3.8) is 0 Å². The van der Waals surface area contributed by atoms with Gasteiger partial charge in [-0.3, -0.25) is 14.6 Å². The molecule has 0 spiro atoms. The molecule has 2 heterocycles. The number of aromatic nitrogens is 1. The van der Waals surface area contributed by atoms with Crippen LogP contribution in [0.4, 0.5) is 5.69 Å². The molecular weight excluding hydrogens is 220 g/mol. The zero-order chi connectivity index (χ0) is 12.3. The summed E-state index contributed by atoms with van der Waals surface area (Å²) in [4.78, 5) is 27.9. The van der Waals surface area contributed by atoms with Gasteiger partial charge in [0.15, 0.2) is 6.29 Å². The smallest absolute Gasteiger partial charge is 0.310 e. The Balaban J connectivity index is 2.04. The van der Waals surface area contributed by atoms with Gasteiger partial charge in [-0.25, -0.2) is 0 Å². The quantitative estimate of drug-likeness (QED) is 0.574. The molecule has 1 aromatic rings. The van der Waals surface area contributed by atoms with E-state index in [4.69, 9.17) is 4.74 Å². The number of methoxy groups -OCH3 is 1. The second kappa shape index (κ2) is 4.95. The first kappa shape index (κ1) is 11.6. The molecule has 0 aliphatic carbocycles. The number of pyridine rings is 1. The maximum Gasteiger partial charge on any atom is 0.310 e. The van der Waals surface area contributed by atoms with Gasteiger partial charge in [0.05, 0.1) is 24.9 Å². The van der Waals surface area contributed by atoms with Crippen LogP contribution in [0.2, 0.25) is 0 Å². The van der Waals surface area contributed by atoms with Crippen molar-refractivity contribution >= 4 is 17.9 Å². The zero-order valence-electron chi connectivity index (χ0n) is 9.63. The summed E-state index contributed by atoms with van der Waals surface area (Å²) in [5.41, 5.74) is 1.35. The standard InChI is InChI=1S/C12H14N2O3/c1-17-12(16)9-4-5-14(7-9)11-3-2-10(8-15)13-6-11/h2-3,6,8-9H,4-5,7H2,1H3. The number of aldehydes is 1. The summed E-state index contributed by atoms with van der Waals surface area (Å²) < 4.78 is 4.73. The first-order valence-corrected chi connectivity index (χ1v) is 5.48. The van der Waals surface area contributed by atoms with E-state index in [9.17, 15) is 9.59 Å². The molecule has 5 nitrogen and oxygen atoms in total. The molecule has 1 aliphatic rings. The van der Waals surface area contributed by atoms with E-state index in [1.165, 1.54) is 7.11 Å². The lowest BCUT2D eigenvalue weighted by molar-refractivity contribution is -0.144. The molecule has 2 rings (SSSR count). The van der Waals surface area contributed by atoms with Crippen LogP contribution in [0.3, 0.4) is 0 Å². The normalized spacial score (nSPS) is 19.1. The average Bonchev–Trinajstić information content (AvgIpc) is 2.87. The second-order valence-electron chi connectivity index (χ2n) is 4.01. The van der Waals surface area contributed by atoms with E-state index in [2.05, 4.69) is 9.88 Å². The molecule has 1 unspecified atom stereocenters. The van der Waals surface area contributed by atoms with Crippen LogP contribution in [0.15, 0.2) is 18.3 Å². The van der Waals surface area contributed by atoms with Crippen molar-refractivity contribution in [2.24, 2.45) is 5.92 Å². The Morgan fingerprint density at radius 1 is 1.59 bits per heavy atom. The summed E-state index contributed by atoms with van der Waals surface area (Å²) in [5.74, 6) is -0.226. The molecule has 5 heteroatoms. The van der Waals surface area contributed by atoms with E-state index >= 15 is 0 Å². The lowest BCUT2D eigenvalue weighted by Gasteiger charge is -2.17. The highest BCUT2D eigenvalue weighted by atomic mass is 16.5. The van der Waals surface area contributed by atoms with Crippen molar-refractivity contribution < 1.29 is 14.3 Å². The van der Waals surface area contributed by atoms with E-state index in [1.54, 1.807) is 12.3 Å². The lowest BCUT2D eigenvalue weighted by Crippen LogP contribution is -2.23. The Hall–Kier alpha value is -1.91. The van der Waals surface area contributed by atoms with E-state index < -0.39 is 0 Å². The third-order valence-corrected chi connectivity index (χ3v) is 2.98. The van der Waals surface area contributed by atoms with Gasteiger partial charge in [-0.15, -0.1) is 0 Å². The molecule has 0 radical (unpaired) electrons. The van der Waals surface area contributed by atoms with Gasteiger partial charge in [-0.1, -0.05) is 0 Å².